The fourth-order valence-corrected chi connectivity index (χ4v) is 4.21. The van der Waals surface area contributed by atoms with Gasteiger partial charge in [0.25, 0.3) is 0 Å². The van der Waals surface area contributed by atoms with Crippen molar-refractivity contribution in [2.75, 3.05) is 0 Å². The average molecular weight is 350 g/mol. The van der Waals surface area contributed by atoms with Crippen molar-refractivity contribution in [2.45, 2.75) is 0 Å². The molecule has 0 saturated carbocycles. The zero-order chi connectivity index (χ0) is 10.7. The highest BCUT2D eigenvalue weighted by molar-refractivity contribution is 6.41. The Kier molecular flexibility index (Phi) is 3.89. The Labute approximate surface area is 109 Å². The number of halogens is 3. The lowest BCUT2D eigenvalue weighted by Gasteiger charge is -1.93. The highest BCUT2D eigenvalue weighted by Crippen LogP contribution is 2.19. The highest BCUT2D eigenvalue weighted by atomic mass is 127. The summed E-state index contributed by atoms with van der Waals surface area (Å²) < 4.78 is 2.52. The summed E-state index contributed by atoms with van der Waals surface area (Å²) in [7, 11) is 0. The van der Waals surface area contributed by atoms with E-state index in [0.29, 0.717) is 10.0 Å². The van der Waals surface area contributed by atoms with Gasteiger partial charge in [0.15, 0.2) is 3.57 Å². The maximum Gasteiger partial charge on any atom is 0.359 e. The Balaban J connectivity index is 2.29. The maximum absolute atomic E-state index is 6.14. The molecule has 0 aliphatic rings. The highest BCUT2D eigenvalue weighted by Gasteiger charge is 2.20. The summed E-state index contributed by atoms with van der Waals surface area (Å²) in [6.45, 7) is 0. The van der Waals surface area contributed by atoms with Gasteiger partial charge in [0, 0.05) is 0 Å². The second-order valence-corrected chi connectivity index (χ2v) is 6.66. The molecule has 76 valence electrons. The van der Waals surface area contributed by atoms with Gasteiger partial charge in [0.1, 0.15) is 5.02 Å². The van der Waals surface area contributed by atoms with Crippen LogP contribution in [0.4, 0.5) is 0 Å². The van der Waals surface area contributed by atoms with Crippen molar-refractivity contribution >= 4 is 23.2 Å². The Morgan fingerprint density at radius 2 is 1.53 bits per heavy atom. The van der Waals surface area contributed by atoms with Gasteiger partial charge in [-0.2, -0.15) is 0 Å². The summed E-state index contributed by atoms with van der Waals surface area (Å²) in [6.07, 6.45) is 0. The molecule has 0 bridgehead atoms. The van der Waals surface area contributed by atoms with Crippen molar-refractivity contribution in [2.24, 2.45) is 0 Å². The van der Waals surface area contributed by atoms with Crippen LogP contribution in [0.2, 0.25) is 10.0 Å². The number of benzene rings is 2. The third-order valence-electron chi connectivity index (χ3n) is 1.85. The van der Waals surface area contributed by atoms with Crippen LogP contribution in [-0.4, -0.2) is 0 Å². The number of hydrogen-bond acceptors (Lipinski definition) is 0. The van der Waals surface area contributed by atoms with Crippen LogP contribution >= 0.6 is 23.2 Å². The molecule has 0 saturated heterocycles. The van der Waals surface area contributed by atoms with Gasteiger partial charge in [0.2, 0.25) is 3.57 Å². The van der Waals surface area contributed by atoms with Crippen molar-refractivity contribution in [3.63, 3.8) is 0 Å². The maximum atomic E-state index is 6.14. The van der Waals surface area contributed by atoms with E-state index in [-0.39, 0.29) is 21.2 Å². The normalized spacial score (nSPS) is 10.3. The minimum Gasteiger partial charge on any atom is -0.0825 e. The lowest BCUT2D eigenvalue weighted by atomic mass is 10.4. The summed E-state index contributed by atoms with van der Waals surface area (Å²) in [5, 5.41) is 1.35. The van der Waals surface area contributed by atoms with E-state index in [1.165, 1.54) is 7.14 Å². The molecule has 0 spiro atoms. The first-order valence-electron chi connectivity index (χ1n) is 4.41. The molecule has 0 aromatic heterocycles. The molecule has 2 rings (SSSR count). The van der Waals surface area contributed by atoms with Crippen molar-refractivity contribution in [1.82, 2.24) is 0 Å². The van der Waals surface area contributed by atoms with Gasteiger partial charge < -0.3 is 0 Å². The van der Waals surface area contributed by atoms with E-state index in [2.05, 4.69) is 18.2 Å². The van der Waals surface area contributed by atoms with Crippen LogP contribution in [0, 0.1) is 7.14 Å². The van der Waals surface area contributed by atoms with E-state index in [4.69, 9.17) is 23.2 Å². The first-order chi connectivity index (χ1) is 7.27. The Hall–Kier alpha value is -0.250. The molecule has 0 aliphatic carbocycles. The molecule has 0 radical (unpaired) electrons. The van der Waals surface area contributed by atoms with Crippen LogP contribution in [-0.2, 0) is 0 Å². The minimum absolute atomic E-state index is 0.226. The molecule has 0 nitrogen and oxygen atoms in total. The van der Waals surface area contributed by atoms with E-state index in [1.54, 1.807) is 0 Å². The third kappa shape index (κ3) is 2.86. The molecule has 15 heavy (non-hydrogen) atoms. The lowest BCUT2D eigenvalue weighted by Crippen LogP contribution is -3.61. The number of hydrogen-bond donors (Lipinski definition) is 0. The largest absolute Gasteiger partial charge is 0.359 e. The monoisotopic (exact) mass is 349 g/mol. The topological polar surface area (TPSA) is 0 Å². The molecule has 3 heteroatoms. The molecule has 0 N–H and O–H groups in total. The van der Waals surface area contributed by atoms with Crippen LogP contribution in [0.25, 0.3) is 0 Å². The van der Waals surface area contributed by atoms with E-state index < -0.39 is 0 Å². The molecule has 2 aromatic carbocycles. The fourth-order valence-electron chi connectivity index (χ4n) is 1.15. The first kappa shape index (κ1) is 11.2. The second kappa shape index (κ2) is 5.19. The first-order valence-corrected chi connectivity index (χ1v) is 7.32. The van der Waals surface area contributed by atoms with Gasteiger partial charge in [0.05, 0.1) is 5.02 Å². The summed E-state index contributed by atoms with van der Waals surface area (Å²) in [5.74, 6) is 0. The van der Waals surface area contributed by atoms with Gasteiger partial charge in [-0.15, -0.1) is 0 Å². The van der Waals surface area contributed by atoms with Crippen LogP contribution < -0.4 is 21.2 Å². The molecule has 2 aromatic rings. The van der Waals surface area contributed by atoms with E-state index in [0.717, 1.165) is 0 Å². The van der Waals surface area contributed by atoms with Gasteiger partial charge in [-0.05, 0) is 24.3 Å². The van der Waals surface area contributed by atoms with Crippen LogP contribution in [0.5, 0.6) is 0 Å². The Morgan fingerprint density at radius 1 is 0.800 bits per heavy atom. The molecular weight excluding hydrogens is 342 g/mol. The molecule has 0 fully saturated rings. The minimum atomic E-state index is -0.226. The van der Waals surface area contributed by atoms with Gasteiger partial charge in [-0.25, -0.2) is 0 Å². The average Bonchev–Trinajstić information content (AvgIpc) is 2.26. The van der Waals surface area contributed by atoms with Crippen molar-refractivity contribution in [1.29, 1.82) is 0 Å². The molecule has 0 amide bonds. The quantitative estimate of drug-likeness (QED) is 0.563. The van der Waals surface area contributed by atoms with Crippen LogP contribution in [0.1, 0.15) is 0 Å². The summed E-state index contributed by atoms with van der Waals surface area (Å²) in [6, 6.07) is 16.2. The van der Waals surface area contributed by atoms with E-state index >= 15 is 0 Å². The van der Waals surface area contributed by atoms with Crippen LogP contribution in [0.3, 0.4) is 0 Å². The summed E-state index contributed by atoms with van der Waals surface area (Å²) in [5.41, 5.74) is 0. The predicted octanol–water partition coefficient (Wildman–Crippen LogP) is 1.12. The second-order valence-electron chi connectivity index (χ2n) is 2.93. The lowest BCUT2D eigenvalue weighted by molar-refractivity contribution is -0.597. The van der Waals surface area contributed by atoms with Crippen LogP contribution in [0.15, 0.2) is 48.5 Å². The van der Waals surface area contributed by atoms with Gasteiger partial charge >= 0.3 is 21.2 Å². The van der Waals surface area contributed by atoms with E-state index in [9.17, 15) is 0 Å². The SMILES string of the molecule is Clc1cccc([I+]c2ccccc2)c1Cl. The molecule has 0 aliphatic heterocycles. The predicted molar refractivity (Wildman–Crippen MR) is 60.3 cm³/mol. The molecule has 0 atom stereocenters. The zero-order valence-electron chi connectivity index (χ0n) is 7.75. The van der Waals surface area contributed by atoms with E-state index in [1.807, 2.05) is 30.3 Å². The fraction of sp³-hybridized carbons (Fsp3) is 0. The Morgan fingerprint density at radius 3 is 2.27 bits per heavy atom. The molecule has 0 unspecified atom stereocenters. The summed E-state index contributed by atoms with van der Waals surface area (Å²) >= 11 is 11.9. The van der Waals surface area contributed by atoms with Gasteiger partial charge in [-0.3, -0.25) is 0 Å². The number of rotatable bonds is 2. The van der Waals surface area contributed by atoms with Crippen molar-refractivity contribution < 1.29 is 21.2 Å². The Bertz CT molecular complexity index is 454. The molecular formula is C12H8Cl2I+. The van der Waals surface area contributed by atoms with Gasteiger partial charge in [-0.1, -0.05) is 47.5 Å². The summed E-state index contributed by atoms with van der Waals surface area (Å²) in [4.78, 5) is 0. The molecule has 0 heterocycles. The van der Waals surface area contributed by atoms with Crippen molar-refractivity contribution in [3.05, 3.63) is 65.7 Å². The standard InChI is InChI=1S/C12H8Cl2I/c13-10-7-4-8-11(12(10)14)15-9-5-2-1-3-6-9/h1-8H/q+1. The third-order valence-corrected chi connectivity index (χ3v) is 5.81. The van der Waals surface area contributed by atoms with Crippen molar-refractivity contribution in [3.8, 4) is 0 Å². The smallest absolute Gasteiger partial charge is 0.0825 e. The zero-order valence-corrected chi connectivity index (χ0v) is 11.4.